The van der Waals surface area contributed by atoms with Crippen molar-refractivity contribution >= 4 is 5.97 Å². The summed E-state index contributed by atoms with van der Waals surface area (Å²) in [6, 6.07) is 1.89. The van der Waals surface area contributed by atoms with E-state index in [1.165, 1.54) is 7.11 Å². The van der Waals surface area contributed by atoms with Gasteiger partial charge in [0.25, 0.3) is 0 Å². The lowest BCUT2D eigenvalue weighted by Crippen LogP contribution is -2.14. The summed E-state index contributed by atoms with van der Waals surface area (Å²) in [7, 11) is 3.21. The van der Waals surface area contributed by atoms with Crippen molar-refractivity contribution in [2.45, 2.75) is 19.8 Å². The first-order valence-electron chi connectivity index (χ1n) is 4.14. The van der Waals surface area contributed by atoms with Crippen molar-refractivity contribution in [1.29, 1.82) is 0 Å². The molecule has 0 radical (unpaired) electrons. The van der Waals surface area contributed by atoms with Gasteiger partial charge in [0.1, 0.15) is 0 Å². The van der Waals surface area contributed by atoms with Gasteiger partial charge in [-0.05, 0) is 19.9 Å². The summed E-state index contributed by atoms with van der Waals surface area (Å²) in [5.74, 6) is -0.487. The molecule has 4 heteroatoms. The lowest BCUT2D eigenvalue weighted by Gasteiger charge is -2.08. The summed E-state index contributed by atoms with van der Waals surface area (Å²) in [6.07, 6.45) is 0. The number of aromatic nitrogens is 2. The molecule has 1 rings (SSSR count). The SMILES string of the molecule is COC(=O)C(C)c1cc(C)nn1C. The summed E-state index contributed by atoms with van der Waals surface area (Å²) < 4.78 is 6.36. The third-order valence-corrected chi connectivity index (χ3v) is 2.04. The standard InChI is InChI=1S/C9H14N2O2/c1-6-5-8(11(3)10-6)7(2)9(12)13-4/h5,7H,1-4H3. The lowest BCUT2D eigenvalue weighted by atomic mass is 10.1. The second kappa shape index (κ2) is 3.60. The third-order valence-electron chi connectivity index (χ3n) is 2.04. The molecule has 1 aromatic heterocycles. The molecule has 0 amide bonds. The Bertz CT molecular complexity index is 317. The normalized spacial score (nSPS) is 12.6. The highest BCUT2D eigenvalue weighted by Gasteiger charge is 2.19. The molecule has 0 saturated carbocycles. The lowest BCUT2D eigenvalue weighted by molar-refractivity contribution is -0.142. The average molecular weight is 182 g/mol. The zero-order valence-corrected chi connectivity index (χ0v) is 8.37. The van der Waals surface area contributed by atoms with E-state index in [-0.39, 0.29) is 11.9 Å². The Labute approximate surface area is 77.5 Å². The van der Waals surface area contributed by atoms with Crippen LogP contribution in [0.15, 0.2) is 6.07 Å². The maximum absolute atomic E-state index is 11.2. The monoisotopic (exact) mass is 182 g/mol. The number of esters is 1. The fourth-order valence-electron chi connectivity index (χ4n) is 1.33. The number of nitrogens with zero attached hydrogens (tertiary/aromatic N) is 2. The average Bonchev–Trinajstić information content (AvgIpc) is 2.42. The summed E-state index contributed by atoms with van der Waals surface area (Å²) in [5, 5.41) is 4.16. The molecular weight excluding hydrogens is 168 g/mol. The van der Waals surface area contributed by atoms with E-state index >= 15 is 0 Å². The number of ether oxygens (including phenoxy) is 1. The Morgan fingerprint density at radius 2 is 2.31 bits per heavy atom. The first kappa shape index (κ1) is 9.77. The van der Waals surface area contributed by atoms with Gasteiger partial charge >= 0.3 is 5.97 Å². The number of carbonyl (C=O) groups excluding carboxylic acids is 1. The molecule has 1 heterocycles. The van der Waals surface area contributed by atoms with Crippen LogP contribution in [0.25, 0.3) is 0 Å². The van der Waals surface area contributed by atoms with E-state index in [1.54, 1.807) is 4.68 Å². The smallest absolute Gasteiger partial charge is 0.314 e. The largest absolute Gasteiger partial charge is 0.469 e. The summed E-state index contributed by atoms with van der Waals surface area (Å²) in [4.78, 5) is 11.2. The number of rotatable bonds is 2. The fraction of sp³-hybridized carbons (Fsp3) is 0.556. The van der Waals surface area contributed by atoms with Gasteiger partial charge in [-0.25, -0.2) is 0 Å². The molecule has 0 aromatic carbocycles. The quantitative estimate of drug-likeness (QED) is 0.641. The van der Waals surface area contributed by atoms with Crippen molar-refractivity contribution in [3.8, 4) is 0 Å². The van der Waals surface area contributed by atoms with Crippen LogP contribution in [0.3, 0.4) is 0 Å². The van der Waals surface area contributed by atoms with Crippen LogP contribution in [-0.4, -0.2) is 22.9 Å². The molecule has 0 saturated heterocycles. The Morgan fingerprint density at radius 1 is 1.69 bits per heavy atom. The number of aryl methyl sites for hydroxylation is 2. The van der Waals surface area contributed by atoms with Crippen LogP contribution in [0.1, 0.15) is 24.2 Å². The Morgan fingerprint density at radius 3 is 2.69 bits per heavy atom. The van der Waals surface area contributed by atoms with E-state index < -0.39 is 0 Å². The van der Waals surface area contributed by atoms with Crippen molar-refractivity contribution in [2.75, 3.05) is 7.11 Å². The molecule has 0 N–H and O–H groups in total. The summed E-state index contributed by atoms with van der Waals surface area (Å²) >= 11 is 0. The fourth-order valence-corrected chi connectivity index (χ4v) is 1.33. The molecule has 0 spiro atoms. The molecule has 0 aliphatic heterocycles. The number of hydrogen-bond acceptors (Lipinski definition) is 3. The highest BCUT2D eigenvalue weighted by atomic mass is 16.5. The zero-order chi connectivity index (χ0) is 10.0. The summed E-state index contributed by atoms with van der Waals surface area (Å²) in [6.45, 7) is 3.70. The van der Waals surface area contributed by atoms with Crippen LogP contribution >= 0.6 is 0 Å². The Balaban J connectivity index is 2.94. The molecule has 1 atom stereocenters. The highest BCUT2D eigenvalue weighted by Crippen LogP contribution is 2.16. The van der Waals surface area contributed by atoms with E-state index in [4.69, 9.17) is 0 Å². The van der Waals surface area contributed by atoms with Gasteiger partial charge in [-0.2, -0.15) is 5.10 Å². The third kappa shape index (κ3) is 1.88. The molecule has 0 aliphatic rings. The molecule has 1 aromatic rings. The second-order valence-electron chi connectivity index (χ2n) is 3.08. The van der Waals surface area contributed by atoms with Gasteiger partial charge < -0.3 is 4.74 Å². The zero-order valence-electron chi connectivity index (χ0n) is 8.37. The van der Waals surface area contributed by atoms with E-state index in [2.05, 4.69) is 9.84 Å². The molecule has 72 valence electrons. The van der Waals surface area contributed by atoms with Gasteiger partial charge in [0.15, 0.2) is 0 Å². The van der Waals surface area contributed by atoms with Gasteiger partial charge in [-0.3, -0.25) is 9.48 Å². The topological polar surface area (TPSA) is 44.1 Å². The minimum absolute atomic E-state index is 0.233. The summed E-state index contributed by atoms with van der Waals surface area (Å²) in [5.41, 5.74) is 1.79. The Kier molecular flexibility index (Phi) is 2.70. The number of methoxy groups -OCH3 is 1. The van der Waals surface area contributed by atoms with E-state index in [1.807, 2.05) is 27.0 Å². The van der Waals surface area contributed by atoms with Gasteiger partial charge in [-0.15, -0.1) is 0 Å². The maximum Gasteiger partial charge on any atom is 0.314 e. The first-order chi connectivity index (χ1) is 6.06. The van der Waals surface area contributed by atoms with Gasteiger partial charge in [0.05, 0.1) is 24.4 Å². The van der Waals surface area contributed by atoms with Crippen LogP contribution < -0.4 is 0 Å². The van der Waals surface area contributed by atoms with Crippen LogP contribution in [-0.2, 0) is 16.6 Å². The van der Waals surface area contributed by atoms with Crippen LogP contribution in [0, 0.1) is 6.92 Å². The molecule has 13 heavy (non-hydrogen) atoms. The second-order valence-corrected chi connectivity index (χ2v) is 3.08. The predicted molar refractivity (Wildman–Crippen MR) is 48.4 cm³/mol. The van der Waals surface area contributed by atoms with Gasteiger partial charge in [0.2, 0.25) is 0 Å². The van der Waals surface area contributed by atoms with Crippen LogP contribution in [0.4, 0.5) is 0 Å². The molecular formula is C9H14N2O2. The molecule has 0 bridgehead atoms. The van der Waals surface area contributed by atoms with Crippen molar-refractivity contribution in [2.24, 2.45) is 7.05 Å². The van der Waals surface area contributed by atoms with Crippen molar-refractivity contribution in [1.82, 2.24) is 9.78 Å². The van der Waals surface area contributed by atoms with Crippen molar-refractivity contribution < 1.29 is 9.53 Å². The minimum Gasteiger partial charge on any atom is -0.469 e. The number of hydrogen-bond donors (Lipinski definition) is 0. The van der Waals surface area contributed by atoms with Crippen molar-refractivity contribution in [3.63, 3.8) is 0 Å². The van der Waals surface area contributed by atoms with Gasteiger partial charge in [0, 0.05) is 7.05 Å². The highest BCUT2D eigenvalue weighted by molar-refractivity contribution is 5.76. The first-order valence-corrected chi connectivity index (χ1v) is 4.14. The van der Waals surface area contributed by atoms with Crippen LogP contribution in [0.2, 0.25) is 0 Å². The van der Waals surface area contributed by atoms with E-state index in [0.29, 0.717) is 0 Å². The molecule has 4 nitrogen and oxygen atoms in total. The maximum atomic E-state index is 11.2. The van der Waals surface area contributed by atoms with E-state index in [0.717, 1.165) is 11.4 Å². The molecule has 0 aliphatic carbocycles. The Hall–Kier alpha value is -1.32. The molecule has 1 unspecified atom stereocenters. The van der Waals surface area contributed by atoms with E-state index in [9.17, 15) is 4.79 Å². The predicted octanol–water partition coefficient (Wildman–Crippen LogP) is 1.01. The van der Waals surface area contributed by atoms with Gasteiger partial charge in [-0.1, -0.05) is 0 Å². The molecule has 0 fully saturated rings. The van der Waals surface area contributed by atoms with Crippen molar-refractivity contribution in [3.05, 3.63) is 17.5 Å². The number of carbonyl (C=O) groups is 1. The minimum atomic E-state index is -0.254. The van der Waals surface area contributed by atoms with Crippen LogP contribution in [0.5, 0.6) is 0 Å².